The molecule has 1 aromatic carbocycles. The van der Waals surface area contributed by atoms with Crippen LogP contribution in [-0.4, -0.2) is 19.2 Å². The van der Waals surface area contributed by atoms with Gasteiger partial charge in [0.25, 0.3) is 0 Å². The van der Waals surface area contributed by atoms with Crippen LogP contribution in [-0.2, 0) is 9.53 Å². The lowest BCUT2D eigenvalue weighted by Crippen LogP contribution is -2.10. The smallest absolute Gasteiger partial charge is 0.309 e. The van der Waals surface area contributed by atoms with Gasteiger partial charge in [0, 0.05) is 0 Å². The van der Waals surface area contributed by atoms with Gasteiger partial charge in [-0.2, -0.15) is 0 Å². The highest BCUT2D eigenvalue weighted by molar-refractivity contribution is 5.69. The molecule has 0 aliphatic rings. The van der Waals surface area contributed by atoms with Crippen LogP contribution < -0.4 is 4.74 Å². The minimum absolute atomic E-state index is 0.128. The summed E-state index contributed by atoms with van der Waals surface area (Å²) in [5.41, 5.74) is 0. The highest BCUT2D eigenvalue weighted by atomic mass is 19.1. The highest BCUT2D eigenvalue weighted by Gasteiger charge is 2.05. The minimum Gasteiger partial charge on any atom is -0.490 e. The molecule has 0 amide bonds. The number of esters is 1. The second kappa shape index (κ2) is 6.82. The second-order valence-corrected chi connectivity index (χ2v) is 3.25. The minimum atomic E-state index is -0.426. The Bertz CT molecular complexity index is 339. The number of benzene rings is 1. The largest absolute Gasteiger partial charge is 0.490 e. The molecule has 4 heteroatoms. The van der Waals surface area contributed by atoms with E-state index in [9.17, 15) is 9.18 Å². The van der Waals surface area contributed by atoms with E-state index in [1.54, 1.807) is 12.1 Å². The molecule has 0 aliphatic heterocycles. The van der Waals surface area contributed by atoms with Crippen LogP contribution >= 0.6 is 0 Å². The lowest BCUT2D eigenvalue weighted by atomic mass is 10.3. The van der Waals surface area contributed by atoms with E-state index in [0.717, 1.165) is 6.42 Å². The Kier molecular flexibility index (Phi) is 5.32. The first-order chi connectivity index (χ1) is 7.74. The fourth-order valence-corrected chi connectivity index (χ4v) is 1.09. The van der Waals surface area contributed by atoms with Crippen molar-refractivity contribution in [3.63, 3.8) is 0 Å². The van der Waals surface area contributed by atoms with E-state index in [1.807, 2.05) is 6.92 Å². The fraction of sp³-hybridized carbons (Fsp3) is 0.417. The van der Waals surface area contributed by atoms with Crippen molar-refractivity contribution in [1.29, 1.82) is 0 Å². The van der Waals surface area contributed by atoms with Crippen molar-refractivity contribution in [1.82, 2.24) is 0 Å². The first-order valence-electron chi connectivity index (χ1n) is 5.27. The van der Waals surface area contributed by atoms with E-state index in [-0.39, 0.29) is 24.7 Å². The van der Waals surface area contributed by atoms with Crippen LogP contribution in [0.4, 0.5) is 4.39 Å². The Morgan fingerprint density at radius 2 is 2.06 bits per heavy atom. The first kappa shape index (κ1) is 12.5. The molecule has 1 aromatic rings. The molecule has 3 nitrogen and oxygen atoms in total. The summed E-state index contributed by atoms with van der Waals surface area (Å²) in [6.45, 7) is 2.46. The van der Waals surface area contributed by atoms with Crippen LogP contribution in [0, 0.1) is 5.82 Å². The third-order valence-electron chi connectivity index (χ3n) is 1.87. The number of ether oxygens (including phenoxy) is 2. The Balaban J connectivity index is 2.25. The molecule has 1 rings (SSSR count). The zero-order valence-electron chi connectivity index (χ0n) is 9.24. The standard InChI is InChI=1S/C12H15FO3/c1-2-8-16-12(14)7-9-15-11-6-4-3-5-10(11)13/h3-6H,2,7-9H2,1H3. The summed E-state index contributed by atoms with van der Waals surface area (Å²) in [5, 5.41) is 0. The summed E-state index contributed by atoms with van der Waals surface area (Å²) in [4.78, 5) is 11.1. The van der Waals surface area contributed by atoms with Crippen LogP contribution in [0.15, 0.2) is 24.3 Å². The molecule has 0 bridgehead atoms. The Morgan fingerprint density at radius 3 is 2.75 bits per heavy atom. The van der Waals surface area contributed by atoms with E-state index >= 15 is 0 Å². The van der Waals surface area contributed by atoms with Crippen LogP contribution in [0.2, 0.25) is 0 Å². The summed E-state index contributed by atoms with van der Waals surface area (Å²) >= 11 is 0. The van der Waals surface area contributed by atoms with Crippen LogP contribution in [0.5, 0.6) is 5.75 Å². The Labute approximate surface area is 94.2 Å². The molecule has 0 saturated heterocycles. The summed E-state index contributed by atoms with van der Waals surface area (Å²) in [5.74, 6) is -0.589. The van der Waals surface area contributed by atoms with Crippen molar-refractivity contribution < 1.29 is 18.7 Å². The van der Waals surface area contributed by atoms with Gasteiger partial charge in [-0.05, 0) is 18.6 Å². The molecule has 0 fully saturated rings. The number of para-hydroxylation sites is 1. The van der Waals surface area contributed by atoms with Crippen molar-refractivity contribution in [2.75, 3.05) is 13.2 Å². The van der Waals surface area contributed by atoms with Crippen molar-refractivity contribution >= 4 is 5.97 Å². The topological polar surface area (TPSA) is 35.5 Å². The Hall–Kier alpha value is -1.58. The Morgan fingerprint density at radius 1 is 1.31 bits per heavy atom. The molecule has 0 heterocycles. The lowest BCUT2D eigenvalue weighted by molar-refractivity contribution is -0.144. The van der Waals surface area contributed by atoms with E-state index in [4.69, 9.17) is 9.47 Å². The van der Waals surface area contributed by atoms with Gasteiger partial charge in [-0.25, -0.2) is 4.39 Å². The van der Waals surface area contributed by atoms with Crippen molar-refractivity contribution in [3.8, 4) is 5.75 Å². The molecule has 0 spiro atoms. The third-order valence-corrected chi connectivity index (χ3v) is 1.87. The van der Waals surface area contributed by atoms with Crippen molar-refractivity contribution in [2.45, 2.75) is 19.8 Å². The number of hydrogen-bond donors (Lipinski definition) is 0. The summed E-state index contributed by atoms with van der Waals surface area (Å²) < 4.78 is 23.0. The normalized spacial score (nSPS) is 9.88. The molecule has 0 aliphatic carbocycles. The molecule has 0 radical (unpaired) electrons. The molecule has 88 valence electrons. The maximum Gasteiger partial charge on any atom is 0.309 e. The lowest BCUT2D eigenvalue weighted by Gasteiger charge is -2.06. The van der Waals surface area contributed by atoms with Crippen LogP contribution in [0.1, 0.15) is 19.8 Å². The van der Waals surface area contributed by atoms with Gasteiger partial charge in [0.05, 0.1) is 19.6 Å². The summed E-state index contributed by atoms with van der Waals surface area (Å²) in [6, 6.07) is 6.09. The number of carbonyl (C=O) groups excluding carboxylic acids is 1. The maximum atomic E-state index is 13.1. The first-order valence-corrected chi connectivity index (χ1v) is 5.27. The molecule has 0 saturated carbocycles. The van der Waals surface area contributed by atoms with Crippen molar-refractivity contribution in [3.05, 3.63) is 30.1 Å². The van der Waals surface area contributed by atoms with Gasteiger partial charge in [0.1, 0.15) is 0 Å². The molecule has 16 heavy (non-hydrogen) atoms. The second-order valence-electron chi connectivity index (χ2n) is 3.25. The number of halogens is 1. The quantitative estimate of drug-likeness (QED) is 0.699. The molecule has 0 unspecified atom stereocenters. The van der Waals surface area contributed by atoms with Gasteiger partial charge in [0.15, 0.2) is 11.6 Å². The molecular weight excluding hydrogens is 211 g/mol. The average molecular weight is 226 g/mol. The number of hydrogen-bond acceptors (Lipinski definition) is 3. The fourth-order valence-electron chi connectivity index (χ4n) is 1.09. The molecule has 0 aromatic heterocycles. The maximum absolute atomic E-state index is 13.1. The van der Waals surface area contributed by atoms with E-state index in [0.29, 0.717) is 6.61 Å². The molecule has 0 N–H and O–H groups in total. The van der Waals surface area contributed by atoms with Gasteiger partial charge in [0.2, 0.25) is 0 Å². The van der Waals surface area contributed by atoms with E-state index < -0.39 is 5.82 Å². The van der Waals surface area contributed by atoms with Crippen LogP contribution in [0.3, 0.4) is 0 Å². The SMILES string of the molecule is CCCOC(=O)CCOc1ccccc1F. The zero-order valence-corrected chi connectivity index (χ0v) is 9.24. The van der Waals surface area contributed by atoms with Gasteiger partial charge in [-0.3, -0.25) is 4.79 Å². The molecular formula is C12H15FO3. The van der Waals surface area contributed by atoms with E-state index in [2.05, 4.69) is 0 Å². The predicted molar refractivity (Wildman–Crippen MR) is 57.8 cm³/mol. The third kappa shape index (κ3) is 4.29. The van der Waals surface area contributed by atoms with Crippen LogP contribution in [0.25, 0.3) is 0 Å². The van der Waals surface area contributed by atoms with Gasteiger partial charge in [-0.15, -0.1) is 0 Å². The zero-order chi connectivity index (χ0) is 11.8. The average Bonchev–Trinajstić information content (AvgIpc) is 2.29. The van der Waals surface area contributed by atoms with E-state index in [1.165, 1.54) is 12.1 Å². The predicted octanol–water partition coefficient (Wildman–Crippen LogP) is 2.55. The number of rotatable bonds is 6. The summed E-state index contributed by atoms with van der Waals surface area (Å²) in [6.07, 6.45) is 0.925. The monoisotopic (exact) mass is 226 g/mol. The molecule has 0 atom stereocenters. The van der Waals surface area contributed by atoms with Gasteiger partial charge in [-0.1, -0.05) is 19.1 Å². The number of carbonyl (C=O) groups is 1. The highest BCUT2D eigenvalue weighted by Crippen LogP contribution is 2.15. The van der Waals surface area contributed by atoms with Gasteiger partial charge < -0.3 is 9.47 Å². The van der Waals surface area contributed by atoms with Crippen molar-refractivity contribution in [2.24, 2.45) is 0 Å². The van der Waals surface area contributed by atoms with Gasteiger partial charge >= 0.3 is 5.97 Å². The summed E-state index contributed by atoms with van der Waals surface area (Å²) in [7, 11) is 0.